The summed E-state index contributed by atoms with van der Waals surface area (Å²) in [5.41, 5.74) is 6.50. The molecular formula is C11H14N2O3. The fraction of sp³-hybridized carbons (Fsp3) is 0.364. The standard InChI is InChI=1S/C11H14N2O3/c12-8-4-2-1-3-7(8)11(16)13-5-9(14)10(15)6-13/h1-4,9-10,14-15H,5-6,12H2. The van der Waals surface area contributed by atoms with Crippen LogP contribution in [0, 0.1) is 0 Å². The van der Waals surface area contributed by atoms with E-state index in [0.717, 1.165) is 0 Å². The Kier molecular flexibility index (Phi) is 2.80. The molecule has 1 amide bonds. The van der Waals surface area contributed by atoms with Crippen molar-refractivity contribution in [3.05, 3.63) is 29.8 Å². The summed E-state index contributed by atoms with van der Waals surface area (Å²) in [4.78, 5) is 13.4. The smallest absolute Gasteiger partial charge is 0.256 e. The van der Waals surface area contributed by atoms with Gasteiger partial charge in [-0.15, -0.1) is 0 Å². The lowest BCUT2D eigenvalue weighted by molar-refractivity contribution is 0.0572. The Bertz CT molecular complexity index is 398. The van der Waals surface area contributed by atoms with Crippen molar-refractivity contribution in [2.45, 2.75) is 12.2 Å². The number of carbonyl (C=O) groups is 1. The maximum Gasteiger partial charge on any atom is 0.256 e. The molecule has 2 atom stereocenters. The summed E-state index contributed by atoms with van der Waals surface area (Å²) < 4.78 is 0. The first-order valence-electron chi connectivity index (χ1n) is 5.09. The average molecular weight is 222 g/mol. The van der Waals surface area contributed by atoms with Crippen molar-refractivity contribution in [2.75, 3.05) is 18.8 Å². The van der Waals surface area contributed by atoms with E-state index >= 15 is 0 Å². The SMILES string of the molecule is Nc1ccccc1C(=O)N1CC(O)C(O)C1. The summed E-state index contributed by atoms with van der Waals surface area (Å²) in [6.45, 7) is 0.294. The second-order valence-electron chi connectivity index (χ2n) is 3.93. The fourth-order valence-electron chi connectivity index (χ4n) is 1.80. The number of hydrogen-bond acceptors (Lipinski definition) is 4. The zero-order chi connectivity index (χ0) is 11.7. The molecule has 2 unspecified atom stereocenters. The molecule has 0 bridgehead atoms. The number of hydrogen-bond donors (Lipinski definition) is 3. The van der Waals surface area contributed by atoms with Gasteiger partial charge < -0.3 is 20.8 Å². The number of aliphatic hydroxyl groups is 2. The van der Waals surface area contributed by atoms with Crippen molar-refractivity contribution in [1.29, 1.82) is 0 Å². The van der Waals surface area contributed by atoms with E-state index in [9.17, 15) is 15.0 Å². The van der Waals surface area contributed by atoms with Crippen molar-refractivity contribution in [2.24, 2.45) is 0 Å². The van der Waals surface area contributed by atoms with E-state index in [1.165, 1.54) is 4.90 Å². The van der Waals surface area contributed by atoms with Crippen LogP contribution in [0.15, 0.2) is 24.3 Å². The van der Waals surface area contributed by atoms with Crippen molar-refractivity contribution < 1.29 is 15.0 Å². The number of nitrogen functional groups attached to an aromatic ring is 1. The molecule has 5 heteroatoms. The van der Waals surface area contributed by atoms with Crippen molar-refractivity contribution in [3.63, 3.8) is 0 Å². The van der Waals surface area contributed by atoms with Gasteiger partial charge in [0.25, 0.3) is 5.91 Å². The fourth-order valence-corrected chi connectivity index (χ4v) is 1.80. The van der Waals surface area contributed by atoms with E-state index < -0.39 is 12.2 Å². The van der Waals surface area contributed by atoms with Crippen LogP contribution >= 0.6 is 0 Å². The molecule has 1 fully saturated rings. The first-order valence-corrected chi connectivity index (χ1v) is 5.09. The number of para-hydroxylation sites is 1. The predicted molar refractivity (Wildman–Crippen MR) is 58.8 cm³/mol. The van der Waals surface area contributed by atoms with Crippen LogP contribution in [0.1, 0.15) is 10.4 Å². The van der Waals surface area contributed by atoms with Gasteiger partial charge in [0.2, 0.25) is 0 Å². The molecule has 0 aromatic heterocycles. The van der Waals surface area contributed by atoms with Crippen LogP contribution in [-0.2, 0) is 0 Å². The minimum Gasteiger partial charge on any atom is -0.398 e. The number of aliphatic hydroxyl groups excluding tert-OH is 2. The normalized spacial score (nSPS) is 24.8. The third kappa shape index (κ3) is 1.87. The largest absolute Gasteiger partial charge is 0.398 e. The predicted octanol–water partition coefficient (Wildman–Crippen LogP) is -0.554. The molecule has 0 spiro atoms. The van der Waals surface area contributed by atoms with Crippen LogP contribution in [0.4, 0.5) is 5.69 Å². The summed E-state index contributed by atoms with van der Waals surface area (Å²) in [5.74, 6) is -0.256. The summed E-state index contributed by atoms with van der Waals surface area (Å²) in [7, 11) is 0. The van der Waals surface area contributed by atoms with Gasteiger partial charge >= 0.3 is 0 Å². The number of rotatable bonds is 1. The van der Waals surface area contributed by atoms with Gasteiger partial charge in [0.1, 0.15) is 0 Å². The lowest BCUT2D eigenvalue weighted by Gasteiger charge is -2.16. The summed E-state index contributed by atoms with van der Waals surface area (Å²) in [6.07, 6.45) is -1.73. The van der Waals surface area contributed by atoms with Crippen LogP contribution in [-0.4, -0.2) is 46.3 Å². The first-order chi connectivity index (χ1) is 7.59. The van der Waals surface area contributed by atoms with Crippen LogP contribution in [0.25, 0.3) is 0 Å². The molecule has 1 aromatic rings. The first kappa shape index (κ1) is 10.9. The average Bonchev–Trinajstić information content (AvgIpc) is 2.59. The van der Waals surface area contributed by atoms with Gasteiger partial charge in [-0.1, -0.05) is 12.1 Å². The molecule has 1 aromatic carbocycles. The number of nitrogens with two attached hydrogens (primary N) is 1. The quantitative estimate of drug-likeness (QED) is 0.556. The van der Waals surface area contributed by atoms with E-state index in [-0.39, 0.29) is 19.0 Å². The molecule has 4 N–H and O–H groups in total. The Morgan fingerprint density at radius 2 is 1.81 bits per heavy atom. The maximum absolute atomic E-state index is 12.0. The molecule has 16 heavy (non-hydrogen) atoms. The Hall–Kier alpha value is -1.59. The van der Waals surface area contributed by atoms with Gasteiger partial charge in [0.15, 0.2) is 0 Å². The summed E-state index contributed by atoms with van der Waals surface area (Å²) in [5, 5.41) is 18.7. The number of benzene rings is 1. The minimum absolute atomic E-state index is 0.147. The molecule has 1 saturated heterocycles. The Morgan fingerprint density at radius 1 is 1.25 bits per heavy atom. The van der Waals surface area contributed by atoms with E-state index in [1.54, 1.807) is 24.3 Å². The molecule has 1 aliphatic rings. The van der Waals surface area contributed by atoms with E-state index in [0.29, 0.717) is 11.3 Å². The van der Waals surface area contributed by atoms with Gasteiger partial charge in [-0.3, -0.25) is 4.79 Å². The second-order valence-corrected chi connectivity index (χ2v) is 3.93. The molecule has 1 heterocycles. The maximum atomic E-state index is 12.0. The number of amides is 1. The lowest BCUT2D eigenvalue weighted by atomic mass is 10.1. The van der Waals surface area contributed by atoms with Gasteiger partial charge in [0.05, 0.1) is 17.8 Å². The highest BCUT2D eigenvalue weighted by molar-refractivity contribution is 5.99. The molecule has 5 nitrogen and oxygen atoms in total. The Morgan fingerprint density at radius 3 is 2.38 bits per heavy atom. The van der Waals surface area contributed by atoms with Crippen LogP contribution in [0.2, 0.25) is 0 Å². The summed E-state index contributed by atoms with van der Waals surface area (Å²) in [6, 6.07) is 6.76. The van der Waals surface area contributed by atoms with E-state index in [2.05, 4.69) is 0 Å². The number of anilines is 1. The molecule has 0 aliphatic carbocycles. The Labute approximate surface area is 93.1 Å². The van der Waals surface area contributed by atoms with Crippen molar-refractivity contribution in [3.8, 4) is 0 Å². The third-order valence-electron chi connectivity index (χ3n) is 2.74. The number of nitrogens with zero attached hydrogens (tertiary/aromatic N) is 1. The van der Waals surface area contributed by atoms with Gasteiger partial charge in [-0.2, -0.15) is 0 Å². The van der Waals surface area contributed by atoms with Crippen LogP contribution in [0.3, 0.4) is 0 Å². The van der Waals surface area contributed by atoms with E-state index in [4.69, 9.17) is 5.73 Å². The monoisotopic (exact) mass is 222 g/mol. The van der Waals surface area contributed by atoms with Crippen molar-refractivity contribution >= 4 is 11.6 Å². The molecule has 86 valence electrons. The molecule has 1 aliphatic heterocycles. The molecular weight excluding hydrogens is 208 g/mol. The van der Waals surface area contributed by atoms with Crippen molar-refractivity contribution in [1.82, 2.24) is 4.90 Å². The topological polar surface area (TPSA) is 86.8 Å². The second kappa shape index (κ2) is 4.11. The highest BCUT2D eigenvalue weighted by Gasteiger charge is 2.33. The highest BCUT2D eigenvalue weighted by Crippen LogP contribution is 2.17. The van der Waals surface area contributed by atoms with Crippen LogP contribution < -0.4 is 5.73 Å². The number of likely N-dealkylation sites (tertiary alicyclic amines) is 1. The zero-order valence-corrected chi connectivity index (χ0v) is 8.71. The lowest BCUT2D eigenvalue weighted by Crippen LogP contribution is -2.30. The highest BCUT2D eigenvalue weighted by atomic mass is 16.3. The minimum atomic E-state index is -0.867. The van der Waals surface area contributed by atoms with Gasteiger partial charge in [-0.25, -0.2) is 0 Å². The molecule has 0 saturated carbocycles. The van der Waals surface area contributed by atoms with Gasteiger partial charge in [0, 0.05) is 18.8 Å². The molecule has 2 rings (SSSR count). The zero-order valence-electron chi connectivity index (χ0n) is 8.71. The number of carbonyl (C=O) groups excluding carboxylic acids is 1. The number of β-amino-alcohol motifs (C(OH)–C–C–N with tert-alkyl or cyclic N) is 2. The third-order valence-corrected chi connectivity index (χ3v) is 2.74. The van der Waals surface area contributed by atoms with E-state index in [1.807, 2.05) is 0 Å². The van der Waals surface area contributed by atoms with Crippen LogP contribution in [0.5, 0.6) is 0 Å². The van der Waals surface area contributed by atoms with Gasteiger partial charge in [-0.05, 0) is 12.1 Å². The Balaban J connectivity index is 2.18. The molecule has 0 radical (unpaired) electrons. The summed E-state index contributed by atoms with van der Waals surface area (Å²) >= 11 is 0.